The van der Waals surface area contributed by atoms with E-state index < -0.39 is 0 Å². The molecule has 1 aliphatic rings. The Morgan fingerprint density at radius 1 is 0.638 bits per heavy atom. The average Bonchev–Trinajstić information content (AvgIpc) is 3.48. The smallest absolute Gasteiger partial charge is 0.142 e. The first-order chi connectivity index (χ1) is 22.6. The van der Waals surface area contributed by atoms with Gasteiger partial charge < -0.3 is 19.7 Å². The fourth-order valence-electron chi connectivity index (χ4n) is 6.18. The summed E-state index contributed by atoms with van der Waals surface area (Å²) in [5.74, 6) is 0. The first-order valence-corrected chi connectivity index (χ1v) is 15.3. The van der Waals surface area contributed by atoms with E-state index in [-0.39, 0.29) is 20.1 Å². The molecule has 0 saturated heterocycles. The molecule has 9 rings (SSSR count). The van der Waals surface area contributed by atoms with E-state index in [4.69, 9.17) is 4.42 Å². The number of furan rings is 1. The number of para-hydroxylation sites is 2. The van der Waals surface area contributed by atoms with Crippen molar-refractivity contribution >= 4 is 33.3 Å². The van der Waals surface area contributed by atoms with Gasteiger partial charge in [-0.05, 0) is 71.9 Å². The van der Waals surface area contributed by atoms with E-state index in [0.29, 0.717) is 0 Å². The van der Waals surface area contributed by atoms with Crippen LogP contribution >= 0.6 is 0 Å². The number of pyridine rings is 2. The van der Waals surface area contributed by atoms with Gasteiger partial charge in [-0.15, -0.1) is 59.7 Å². The second-order valence-electron chi connectivity index (χ2n) is 11.5. The Morgan fingerprint density at radius 2 is 1.45 bits per heavy atom. The molecule has 47 heavy (non-hydrogen) atoms. The van der Waals surface area contributed by atoms with Crippen molar-refractivity contribution in [1.82, 2.24) is 9.97 Å². The van der Waals surface area contributed by atoms with Gasteiger partial charge in [0.15, 0.2) is 0 Å². The fourth-order valence-corrected chi connectivity index (χ4v) is 6.18. The van der Waals surface area contributed by atoms with Gasteiger partial charge in [0, 0.05) is 60.1 Å². The number of hydrogen-bond acceptors (Lipinski definition) is 4. The third kappa shape index (κ3) is 5.65. The van der Waals surface area contributed by atoms with Crippen molar-refractivity contribution in [2.75, 3.05) is 5.32 Å². The Kier molecular flexibility index (Phi) is 8.26. The summed E-state index contributed by atoms with van der Waals surface area (Å²) in [5, 5.41) is 5.95. The maximum absolute atomic E-state index is 6.49. The van der Waals surface area contributed by atoms with E-state index in [1.165, 1.54) is 16.7 Å². The zero-order chi connectivity index (χ0) is 31.0. The van der Waals surface area contributed by atoms with Gasteiger partial charge in [0.25, 0.3) is 0 Å². The molecule has 2 bridgehead atoms. The minimum Gasteiger partial charge on any atom is -0.455 e. The number of aromatic nitrogens is 2. The predicted molar refractivity (Wildman–Crippen MR) is 188 cm³/mol. The topological polar surface area (TPSA) is 51.0 Å². The summed E-state index contributed by atoms with van der Waals surface area (Å²) in [5.41, 5.74) is 14.7. The summed E-state index contributed by atoms with van der Waals surface area (Å²) in [6.07, 6.45) is 3.69. The van der Waals surface area contributed by atoms with Gasteiger partial charge in [0.1, 0.15) is 11.2 Å². The monoisotopic (exact) mass is 784 g/mol. The number of benzene rings is 5. The molecule has 4 heterocycles. The third-order valence-electron chi connectivity index (χ3n) is 8.47. The van der Waals surface area contributed by atoms with Crippen LogP contribution in [0.3, 0.4) is 0 Å². The number of rotatable bonds is 2. The van der Waals surface area contributed by atoms with Crippen molar-refractivity contribution in [2.45, 2.75) is 13.8 Å². The van der Waals surface area contributed by atoms with Crippen molar-refractivity contribution in [3.63, 3.8) is 0 Å². The molecular formula is C42H29IrN3O-2. The zero-order valence-corrected chi connectivity index (χ0v) is 28.2. The predicted octanol–water partition coefficient (Wildman–Crippen LogP) is 11.0. The van der Waals surface area contributed by atoms with Crippen molar-refractivity contribution in [3.05, 3.63) is 157 Å². The first kappa shape index (κ1) is 30.3. The summed E-state index contributed by atoms with van der Waals surface area (Å²) in [4.78, 5) is 8.87. The molecule has 5 heteroatoms. The van der Waals surface area contributed by atoms with Gasteiger partial charge in [-0.25, -0.2) is 0 Å². The number of nitrogens with one attached hydrogen (secondary N) is 1. The maximum Gasteiger partial charge on any atom is 0.142 e. The zero-order valence-electron chi connectivity index (χ0n) is 25.8. The standard InChI is InChI=1S/C31H21N2O.C11H8N.Ir/c1-18-11-13-26(32-17-18)20-12-14-28-25(15-20)30-19(2)23(21-7-3-5-9-27(21)33-28)16-24-22-8-4-6-10-29(22)34-31(24)30;1-2-6-10(7-3-1)11-8-4-5-9-12-11;/h3-11,13-17,33H,1-2H3;1-6,8-9H;/q2*-1;. The molecule has 0 amide bonds. The molecule has 5 aromatic carbocycles. The summed E-state index contributed by atoms with van der Waals surface area (Å²) in [6, 6.07) is 47.7. The van der Waals surface area contributed by atoms with Crippen LogP contribution in [0.5, 0.6) is 0 Å². The Balaban J connectivity index is 0.000000228. The van der Waals surface area contributed by atoms with Crippen molar-refractivity contribution < 1.29 is 24.5 Å². The molecule has 229 valence electrons. The van der Waals surface area contributed by atoms with Crippen LogP contribution in [0.4, 0.5) is 11.4 Å². The largest absolute Gasteiger partial charge is 0.455 e. The molecule has 0 aliphatic carbocycles. The molecule has 3 aromatic heterocycles. The van der Waals surface area contributed by atoms with Crippen LogP contribution in [-0.2, 0) is 20.1 Å². The molecular weight excluding hydrogens is 755 g/mol. The van der Waals surface area contributed by atoms with E-state index in [1.54, 1.807) is 6.20 Å². The minimum atomic E-state index is 0. The molecule has 0 unspecified atom stereocenters. The average molecular weight is 784 g/mol. The van der Waals surface area contributed by atoms with Crippen molar-refractivity contribution in [2.24, 2.45) is 0 Å². The third-order valence-corrected chi connectivity index (χ3v) is 8.47. The molecule has 1 radical (unpaired) electrons. The van der Waals surface area contributed by atoms with Gasteiger partial charge in [0.2, 0.25) is 0 Å². The Labute approximate surface area is 287 Å². The van der Waals surface area contributed by atoms with Crippen LogP contribution < -0.4 is 5.32 Å². The number of nitrogens with zero attached hydrogens (tertiary/aromatic N) is 2. The Bertz CT molecular complexity index is 2310. The van der Waals surface area contributed by atoms with Gasteiger partial charge in [-0.1, -0.05) is 66.2 Å². The molecule has 1 N–H and O–H groups in total. The molecule has 0 fully saturated rings. The van der Waals surface area contributed by atoms with Gasteiger partial charge in [-0.2, -0.15) is 0 Å². The second-order valence-corrected chi connectivity index (χ2v) is 11.5. The summed E-state index contributed by atoms with van der Waals surface area (Å²) >= 11 is 0. The van der Waals surface area contributed by atoms with E-state index in [2.05, 4.69) is 102 Å². The Hall–Kier alpha value is -5.35. The van der Waals surface area contributed by atoms with Crippen LogP contribution in [0.25, 0.3) is 66.7 Å². The minimum absolute atomic E-state index is 0. The summed E-state index contributed by atoms with van der Waals surface area (Å²) in [6.45, 7) is 4.25. The summed E-state index contributed by atoms with van der Waals surface area (Å²) in [7, 11) is 0. The number of hydrogen-bond donors (Lipinski definition) is 1. The maximum atomic E-state index is 6.49. The van der Waals surface area contributed by atoms with Crippen LogP contribution in [0.2, 0.25) is 0 Å². The molecule has 0 spiro atoms. The van der Waals surface area contributed by atoms with Crippen LogP contribution in [0, 0.1) is 26.0 Å². The number of aryl methyl sites for hydroxylation is 1. The van der Waals surface area contributed by atoms with Crippen LogP contribution in [-0.4, -0.2) is 9.97 Å². The van der Waals surface area contributed by atoms with E-state index >= 15 is 0 Å². The number of anilines is 2. The van der Waals surface area contributed by atoms with Crippen LogP contribution in [0.1, 0.15) is 11.1 Å². The summed E-state index contributed by atoms with van der Waals surface area (Å²) < 4.78 is 6.49. The van der Waals surface area contributed by atoms with E-state index in [0.717, 1.165) is 72.5 Å². The molecule has 0 atom stereocenters. The number of fused-ring (bicyclic) bond motifs is 10. The van der Waals surface area contributed by atoms with Gasteiger partial charge >= 0.3 is 0 Å². The van der Waals surface area contributed by atoms with Gasteiger partial charge in [0.05, 0.1) is 0 Å². The van der Waals surface area contributed by atoms with Gasteiger partial charge in [-0.3, -0.25) is 0 Å². The van der Waals surface area contributed by atoms with E-state index in [9.17, 15) is 0 Å². The molecule has 1 aliphatic heterocycles. The van der Waals surface area contributed by atoms with E-state index in [1.807, 2.05) is 66.9 Å². The first-order valence-electron chi connectivity index (χ1n) is 15.3. The quantitative estimate of drug-likeness (QED) is 0.177. The molecule has 4 nitrogen and oxygen atoms in total. The fraction of sp³-hybridized carbons (Fsp3) is 0.0476. The Morgan fingerprint density at radius 3 is 2.26 bits per heavy atom. The van der Waals surface area contributed by atoms with Crippen molar-refractivity contribution in [3.8, 4) is 44.8 Å². The normalized spacial score (nSPS) is 11.2. The van der Waals surface area contributed by atoms with Crippen LogP contribution in [0.15, 0.2) is 138 Å². The SMILES string of the molecule is Cc1ccc(-c2[c-]cc3c(c2)-c2c(C)c(cc4c2oc2ccccc24)-c2ccccc2N3)nc1.[Ir].[c-]1ccccc1-c1ccccn1. The van der Waals surface area contributed by atoms with Crippen molar-refractivity contribution in [1.29, 1.82) is 0 Å². The molecule has 0 saturated carbocycles. The molecule has 8 aromatic rings. The second kappa shape index (κ2) is 12.8.